The maximum atomic E-state index is 13.5. The van der Waals surface area contributed by atoms with Crippen LogP contribution in [0.25, 0.3) is 0 Å². The molecule has 0 spiro atoms. The van der Waals surface area contributed by atoms with E-state index in [1.165, 1.54) is 25.3 Å². The van der Waals surface area contributed by atoms with Gasteiger partial charge in [0.1, 0.15) is 5.82 Å². The lowest BCUT2D eigenvalue weighted by atomic mass is 9.68. The molecule has 20 heavy (non-hydrogen) atoms. The van der Waals surface area contributed by atoms with Crippen molar-refractivity contribution in [3.05, 3.63) is 34.6 Å². The zero-order valence-electron chi connectivity index (χ0n) is 12.5. The summed E-state index contributed by atoms with van der Waals surface area (Å²) in [7, 11) is 0. The molecule has 0 aromatic heterocycles. The number of rotatable bonds is 3. The van der Waals surface area contributed by atoms with Gasteiger partial charge < -0.3 is 5.32 Å². The van der Waals surface area contributed by atoms with Crippen LogP contribution in [0, 0.1) is 22.6 Å². The molecule has 1 N–H and O–H groups in total. The zero-order valence-corrected chi connectivity index (χ0v) is 13.2. The van der Waals surface area contributed by atoms with Gasteiger partial charge in [0, 0.05) is 12.6 Å². The van der Waals surface area contributed by atoms with E-state index in [9.17, 15) is 4.39 Å². The number of halogens is 2. The highest BCUT2D eigenvalue weighted by Crippen LogP contribution is 2.62. The Bertz CT molecular complexity index is 523. The summed E-state index contributed by atoms with van der Waals surface area (Å²) in [4.78, 5) is 0. The maximum Gasteiger partial charge on any atom is 0.142 e. The molecular formula is C17H23ClFN. The van der Waals surface area contributed by atoms with Crippen molar-refractivity contribution in [1.82, 2.24) is 5.32 Å². The Labute approximate surface area is 125 Å². The first-order chi connectivity index (χ1) is 9.33. The Morgan fingerprint density at radius 3 is 2.70 bits per heavy atom. The molecule has 2 saturated carbocycles. The molecule has 0 radical (unpaired) electrons. The van der Waals surface area contributed by atoms with Gasteiger partial charge in [0.05, 0.1) is 5.02 Å². The summed E-state index contributed by atoms with van der Waals surface area (Å²) in [6.45, 7) is 7.87. The van der Waals surface area contributed by atoms with Gasteiger partial charge in [-0.15, -0.1) is 0 Å². The molecule has 3 unspecified atom stereocenters. The minimum atomic E-state index is -0.329. The highest BCUT2D eigenvalue weighted by molar-refractivity contribution is 6.30. The molecule has 3 heteroatoms. The second kappa shape index (κ2) is 4.71. The van der Waals surface area contributed by atoms with E-state index in [-0.39, 0.29) is 10.8 Å². The fraction of sp³-hybridized carbons (Fsp3) is 0.647. The number of nitrogens with one attached hydrogen (secondary N) is 1. The molecule has 3 atom stereocenters. The summed E-state index contributed by atoms with van der Waals surface area (Å²) in [5.74, 6) is 0.497. The molecule has 2 aliphatic carbocycles. The molecule has 1 aromatic carbocycles. The molecule has 1 nitrogen and oxygen atoms in total. The van der Waals surface area contributed by atoms with Crippen LogP contribution in [0.3, 0.4) is 0 Å². The monoisotopic (exact) mass is 295 g/mol. The Kier molecular flexibility index (Phi) is 3.38. The average molecular weight is 296 g/mol. The molecule has 2 fully saturated rings. The Hall–Kier alpha value is -0.600. The van der Waals surface area contributed by atoms with E-state index < -0.39 is 0 Å². The van der Waals surface area contributed by atoms with Crippen molar-refractivity contribution in [2.24, 2.45) is 16.7 Å². The first kappa shape index (κ1) is 14.3. The van der Waals surface area contributed by atoms with Gasteiger partial charge >= 0.3 is 0 Å². The van der Waals surface area contributed by atoms with E-state index in [1.807, 2.05) is 6.07 Å². The van der Waals surface area contributed by atoms with E-state index in [4.69, 9.17) is 11.6 Å². The normalized spacial score (nSPS) is 34.6. The van der Waals surface area contributed by atoms with E-state index in [0.717, 1.165) is 11.5 Å². The van der Waals surface area contributed by atoms with Crippen LogP contribution < -0.4 is 5.32 Å². The van der Waals surface area contributed by atoms with Crippen molar-refractivity contribution in [2.45, 2.75) is 52.6 Å². The average Bonchev–Trinajstić information content (AvgIpc) is 2.84. The zero-order chi connectivity index (χ0) is 14.5. The standard InChI is InChI=1S/C17H23ClFN/c1-16(2)12-6-7-17(3,9-12)15(16)20-10-11-4-5-13(18)14(19)8-11/h4-5,8,12,15,20H,6-7,9-10H2,1-3H3. The van der Waals surface area contributed by atoms with Gasteiger partial charge in [0.2, 0.25) is 0 Å². The van der Waals surface area contributed by atoms with Crippen molar-refractivity contribution in [3.8, 4) is 0 Å². The predicted octanol–water partition coefficient (Wildman–Crippen LogP) is 4.78. The topological polar surface area (TPSA) is 12.0 Å². The van der Waals surface area contributed by atoms with Crippen molar-refractivity contribution < 1.29 is 4.39 Å². The molecule has 110 valence electrons. The Morgan fingerprint density at radius 2 is 2.10 bits per heavy atom. The third kappa shape index (κ3) is 2.17. The lowest BCUT2D eigenvalue weighted by Gasteiger charge is -2.43. The first-order valence-electron chi connectivity index (χ1n) is 7.50. The minimum absolute atomic E-state index is 0.195. The fourth-order valence-corrected chi connectivity index (χ4v) is 4.80. The molecule has 2 bridgehead atoms. The fourth-order valence-electron chi connectivity index (χ4n) is 4.68. The van der Waals surface area contributed by atoms with Gasteiger partial charge in [-0.3, -0.25) is 0 Å². The van der Waals surface area contributed by atoms with Crippen molar-refractivity contribution in [3.63, 3.8) is 0 Å². The van der Waals surface area contributed by atoms with Gasteiger partial charge in [-0.05, 0) is 53.7 Å². The smallest absolute Gasteiger partial charge is 0.142 e. The number of benzene rings is 1. The second-order valence-electron chi connectivity index (χ2n) is 7.48. The molecule has 0 amide bonds. The highest BCUT2D eigenvalue weighted by atomic mass is 35.5. The largest absolute Gasteiger partial charge is 0.309 e. The predicted molar refractivity (Wildman–Crippen MR) is 81.3 cm³/mol. The molecule has 0 saturated heterocycles. The van der Waals surface area contributed by atoms with Crippen LogP contribution >= 0.6 is 11.6 Å². The molecule has 3 rings (SSSR count). The summed E-state index contributed by atoms with van der Waals surface area (Å²) >= 11 is 5.73. The molecule has 1 aromatic rings. The Balaban J connectivity index is 1.73. The molecular weight excluding hydrogens is 273 g/mol. The second-order valence-corrected chi connectivity index (χ2v) is 7.88. The number of hydrogen-bond donors (Lipinski definition) is 1. The SMILES string of the molecule is CC12CCC(C1)C(C)(C)C2NCc1ccc(Cl)c(F)c1. The molecule has 0 aliphatic heterocycles. The van der Waals surface area contributed by atoms with E-state index in [2.05, 4.69) is 26.1 Å². The summed E-state index contributed by atoms with van der Waals surface area (Å²) in [5.41, 5.74) is 1.70. The molecule has 0 heterocycles. The number of fused-ring (bicyclic) bond motifs is 2. The minimum Gasteiger partial charge on any atom is -0.309 e. The van der Waals surface area contributed by atoms with Crippen LogP contribution in [-0.4, -0.2) is 6.04 Å². The van der Waals surface area contributed by atoms with Crippen molar-refractivity contribution in [2.75, 3.05) is 0 Å². The highest BCUT2D eigenvalue weighted by Gasteiger charge is 2.58. The quantitative estimate of drug-likeness (QED) is 0.846. The van der Waals surface area contributed by atoms with Gasteiger partial charge in [0.15, 0.2) is 0 Å². The number of hydrogen-bond acceptors (Lipinski definition) is 1. The van der Waals surface area contributed by atoms with Gasteiger partial charge in [0.25, 0.3) is 0 Å². The summed E-state index contributed by atoms with van der Waals surface area (Å²) in [5, 5.41) is 3.89. The van der Waals surface area contributed by atoms with Gasteiger partial charge in [-0.2, -0.15) is 0 Å². The third-order valence-corrected chi connectivity index (χ3v) is 6.07. The van der Waals surface area contributed by atoms with E-state index in [1.54, 1.807) is 6.07 Å². The van der Waals surface area contributed by atoms with Crippen LogP contribution in [-0.2, 0) is 6.54 Å². The first-order valence-corrected chi connectivity index (χ1v) is 7.88. The van der Waals surface area contributed by atoms with Crippen molar-refractivity contribution in [1.29, 1.82) is 0 Å². The van der Waals surface area contributed by atoms with Gasteiger partial charge in [-0.25, -0.2) is 4.39 Å². The molecule has 2 aliphatic rings. The Morgan fingerprint density at radius 1 is 1.35 bits per heavy atom. The lowest BCUT2D eigenvalue weighted by Crippen LogP contribution is -2.49. The van der Waals surface area contributed by atoms with Crippen LogP contribution in [0.5, 0.6) is 0 Å². The van der Waals surface area contributed by atoms with E-state index in [0.29, 0.717) is 23.4 Å². The van der Waals surface area contributed by atoms with Crippen molar-refractivity contribution >= 4 is 11.6 Å². The van der Waals surface area contributed by atoms with Crippen LogP contribution in [0.4, 0.5) is 4.39 Å². The summed E-state index contributed by atoms with van der Waals surface area (Å²) < 4.78 is 13.5. The van der Waals surface area contributed by atoms with E-state index >= 15 is 0 Å². The maximum absolute atomic E-state index is 13.5. The van der Waals surface area contributed by atoms with Crippen LogP contribution in [0.1, 0.15) is 45.6 Å². The lowest BCUT2D eigenvalue weighted by molar-refractivity contribution is 0.108. The summed E-state index contributed by atoms with van der Waals surface area (Å²) in [6, 6.07) is 5.59. The van der Waals surface area contributed by atoms with Crippen LogP contribution in [0.2, 0.25) is 5.02 Å². The van der Waals surface area contributed by atoms with Crippen LogP contribution in [0.15, 0.2) is 18.2 Å². The third-order valence-electron chi connectivity index (χ3n) is 5.76. The van der Waals surface area contributed by atoms with Gasteiger partial charge in [-0.1, -0.05) is 38.4 Å². The summed E-state index contributed by atoms with van der Waals surface area (Å²) in [6.07, 6.45) is 4.00.